The van der Waals surface area contributed by atoms with Crippen LogP contribution in [0.4, 0.5) is 0 Å². The van der Waals surface area contributed by atoms with Gasteiger partial charge in [0, 0.05) is 11.0 Å². The fraction of sp³-hybridized carbons (Fsp3) is 0.400. The molecule has 0 spiro atoms. The molecule has 0 amide bonds. The monoisotopic (exact) mass is 391 g/mol. The third-order valence-corrected chi connectivity index (χ3v) is 4.86. The van der Waals surface area contributed by atoms with Crippen LogP contribution >= 0.6 is 15.9 Å². The summed E-state index contributed by atoms with van der Waals surface area (Å²) in [6.45, 7) is 9.07. The van der Waals surface area contributed by atoms with Crippen LogP contribution in [0.5, 0.6) is 11.5 Å². The van der Waals surface area contributed by atoms with Gasteiger partial charge < -0.3 is 14.7 Å². The summed E-state index contributed by atoms with van der Waals surface area (Å²) in [7, 11) is 0. The average molecular weight is 392 g/mol. The first-order valence-electron chi connectivity index (χ1n) is 8.43. The Hall–Kier alpha value is -1.36. The van der Waals surface area contributed by atoms with E-state index in [0.717, 1.165) is 41.2 Å². The molecule has 130 valence electrons. The first kappa shape index (κ1) is 19.0. The minimum atomic E-state index is -0.835. The second kappa shape index (κ2) is 8.65. The van der Waals surface area contributed by atoms with E-state index in [9.17, 15) is 5.11 Å². The van der Waals surface area contributed by atoms with Crippen molar-refractivity contribution in [3.05, 3.63) is 58.6 Å². The molecule has 0 fully saturated rings. The van der Waals surface area contributed by atoms with Crippen molar-refractivity contribution in [2.24, 2.45) is 0 Å². The zero-order chi connectivity index (χ0) is 17.6. The average Bonchev–Trinajstić information content (AvgIpc) is 2.58. The van der Waals surface area contributed by atoms with E-state index in [4.69, 9.17) is 4.74 Å². The Labute approximate surface area is 153 Å². The van der Waals surface area contributed by atoms with Gasteiger partial charge in [0.2, 0.25) is 0 Å². The minimum Gasteiger partial charge on any atom is -0.457 e. The topological polar surface area (TPSA) is 32.7 Å². The highest BCUT2D eigenvalue weighted by atomic mass is 79.9. The van der Waals surface area contributed by atoms with Crippen molar-refractivity contribution in [2.75, 3.05) is 19.6 Å². The molecule has 2 aromatic carbocycles. The summed E-state index contributed by atoms with van der Waals surface area (Å²) in [5, 5.41) is 10.8. The van der Waals surface area contributed by atoms with Crippen molar-refractivity contribution in [3.63, 3.8) is 0 Å². The van der Waals surface area contributed by atoms with Crippen LogP contribution in [0.25, 0.3) is 0 Å². The number of aliphatic hydroxyl groups is 1. The largest absolute Gasteiger partial charge is 0.457 e. The van der Waals surface area contributed by atoms with E-state index >= 15 is 0 Å². The lowest BCUT2D eigenvalue weighted by Gasteiger charge is -2.27. The van der Waals surface area contributed by atoms with E-state index < -0.39 is 5.60 Å². The Kier molecular flexibility index (Phi) is 6.84. The lowest BCUT2D eigenvalue weighted by atomic mass is 9.92. The zero-order valence-corrected chi connectivity index (χ0v) is 16.2. The second-order valence-corrected chi connectivity index (χ2v) is 7.05. The van der Waals surface area contributed by atoms with E-state index in [2.05, 4.69) is 34.7 Å². The molecule has 1 atom stereocenters. The predicted molar refractivity (Wildman–Crippen MR) is 103 cm³/mol. The maximum absolute atomic E-state index is 10.8. The van der Waals surface area contributed by atoms with E-state index in [-0.39, 0.29) is 0 Å². The van der Waals surface area contributed by atoms with Crippen molar-refractivity contribution in [2.45, 2.75) is 32.8 Å². The maximum atomic E-state index is 10.8. The Bertz CT molecular complexity index is 619. The molecule has 0 heterocycles. The van der Waals surface area contributed by atoms with E-state index in [1.54, 1.807) is 0 Å². The van der Waals surface area contributed by atoms with E-state index in [0.29, 0.717) is 6.42 Å². The van der Waals surface area contributed by atoms with Gasteiger partial charge in [-0.3, -0.25) is 0 Å². The highest BCUT2D eigenvalue weighted by molar-refractivity contribution is 9.10. The van der Waals surface area contributed by atoms with Gasteiger partial charge in [-0.25, -0.2) is 0 Å². The lowest BCUT2D eigenvalue weighted by molar-refractivity contribution is 0.0369. The minimum absolute atomic E-state index is 0.710. The zero-order valence-electron chi connectivity index (χ0n) is 14.6. The standard InChI is InChI=1S/C20H26BrNO2/c1-4-22(5-2)15-14-20(3,23)16-6-10-18(11-7-16)24-19-12-8-17(21)9-13-19/h6-13,23H,4-5,14-15H2,1-3H3. The second-order valence-electron chi connectivity index (χ2n) is 6.13. The molecule has 0 aliphatic carbocycles. The first-order valence-corrected chi connectivity index (χ1v) is 9.22. The van der Waals surface area contributed by atoms with Gasteiger partial charge in [-0.1, -0.05) is 41.9 Å². The summed E-state index contributed by atoms with van der Waals surface area (Å²) < 4.78 is 6.85. The summed E-state index contributed by atoms with van der Waals surface area (Å²) in [4.78, 5) is 2.32. The van der Waals surface area contributed by atoms with Crippen LogP contribution in [0.3, 0.4) is 0 Å². The van der Waals surface area contributed by atoms with Crippen LogP contribution in [0, 0.1) is 0 Å². The van der Waals surface area contributed by atoms with Crippen LogP contribution < -0.4 is 4.74 Å². The number of hydrogen-bond acceptors (Lipinski definition) is 3. The molecule has 4 heteroatoms. The molecule has 0 saturated carbocycles. The molecule has 0 aromatic heterocycles. The third kappa shape index (κ3) is 5.33. The van der Waals surface area contributed by atoms with Crippen LogP contribution in [0.1, 0.15) is 32.8 Å². The summed E-state index contributed by atoms with van der Waals surface area (Å²) in [5.74, 6) is 1.56. The molecular formula is C20H26BrNO2. The van der Waals surface area contributed by atoms with Crippen LogP contribution in [-0.2, 0) is 5.60 Å². The molecule has 0 radical (unpaired) electrons. The molecule has 24 heavy (non-hydrogen) atoms. The molecule has 2 rings (SSSR count). The van der Waals surface area contributed by atoms with Crippen LogP contribution in [0.15, 0.2) is 53.0 Å². The molecule has 0 aliphatic rings. The highest BCUT2D eigenvalue weighted by Crippen LogP contribution is 2.29. The number of ether oxygens (including phenoxy) is 1. The van der Waals surface area contributed by atoms with Crippen molar-refractivity contribution >= 4 is 15.9 Å². The molecule has 2 aromatic rings. The van der Waals surface area contributed by atoms with Gasteiger partial charge in [0.1, 0.15) is 11.5 Å². The maximum Gasteiger partial charge on any atom is 0.127 e. The number of halogens is 1. The van der Waals surface area contributed by atoms with Gasteiger partial charge in [-0.15, -0.1) is 0 Å². The van der Waals surface area contributed by atoms with Gasteiger partial charge in [0.15, 0.2) is 0 Å². The van der Waals surface area contributed by atoms with Crippen LogP contribution in [0.2, 0.25) is 0 Å². The van der Waals surface area contributed by atoms with Crippen molar-refractivity contribution in [3.8, 4) is 11.5 Å². The summed E-state index contributed by atoms with van der Waals surface area (Å²) in [6, 6.07) is 15.4. The molecular weight excluding hydrogens is 366 g/mol. The van der Waals surface area contributed by atoms with Gasteiger partial charge in [-0.05, 0) is 68.4 Å². The Morgan fingerprint density at radius 1 is 0.958 bits per heavy atom. The fourth-order valence-electron chi connectivity index (χ4n) is 2.58. The summed E-state index contributed by atoms with van der Waals surface area (Å²) in [6.07, 6.45) is 0.710. The number of nitrogens with zero attached hydrogens (tertiary/aromatic N) is 1. The van der Waals surface area contributed by atoms with Gasteiger partial charge in [0.05, 0.1) is 5.60 Å². The first-order chi connectivity index (χ1) is 11.4. The smallest absolute Gasteiger partial charge is 0.127 e. The Morgan fingerprint density at radius 3 is 1.96 bits per heavy atom. The number of hydrogen-bond donors (Lipinski definition) is 1. The summed E-state index contributed by atoms with van der Waals surface area (Å²) in [5.41, 5.74) is 0.0800. The molecule has 1 unspecified atom stereocenters. The number of rotatable bonds is 8. The van der Waals surface area contributed by atoms with E-state index in [1.807, 2.05) is 55.5 Å². The highest BCUT2D eigenvalue weighted by Gasteiger charge is 2.23. The quantitative estimate of drug-likeness (QED) is 0.672. The molecule has 0 aliphatic heterocycles. The van der Waals surface area contributed by atoms with Crippen molar-refractivity contribution in [1.82, 2.24) is 4.90 Å². The van der Waals surface area contributed by atoms with Gasteiger partial charge >= 0.3 is 0 Å². The number of benzene rings is 2. The predicted octanol–water partition coefficient (Wildman–Crippen LogP) is 5.18. The lowest BCUT2D eigenvalue weighted by Crippen LogP contribution is -2.31. The molecule has 0 saturated heterocycles. The van der Waals surface area contributed by atoms with Gasteiger partial charge in [-0.2, -0.15) is 0 Å². The molecule has 0 bridgehead atoms. The molecule has 1 N–H and O–H groups in total. The van der Waals surface area contributed by atoms with Crippen molar-refractivity contribution in [1.29, 1.82) is 0 Å². The Balaban J connectivity index is 2.00. The Morgan fingerprint density at radius 2 is 1.46 bits per heavy atom. The fourth-order valence-corrected chi connectivity index (χ4v) is 2.85. The van der Waals surface area contributed by atoms with Crippen molar-refractivity contribution < 1.29 is 9.84 Å². The normalized spacial score (nSPS) is 13.8. The van der Waals surface area contributed by atoms with Crippen LogP contribution in [-0.4, -0.2) is 29.6 Å². The van der Waals surface area contributed by atoms with Gasteiger partial charge in [0.25, 0.3) is 0 Å². The SMILES string of the molecule is CCN(CC)CCC(C)(O)c1ccc(Oc2ccc(Br)cc2)cc1. The summed E-state index contributed by atoms with van der Waals surface area (Å²) >= 11 is 3.41. The third-order valence-electron chi connectivity index (χ3n) is 4.33. The van der Waals surface area contributed by atoms with E-state index in [1.165, 1.54) is 0 Å². The molecule has 3 nitrogen and oxygen atoms in total.